The monoisotopic (exact) mass is 396 g/mol. The summed E-state index contributed by atoms with van der Waals surface area (Å²) in [6.07, 6.45) is 0. The first-order chi connectivity index (χ1) is 14.1. The van der Waals surface area contributed by atoms with Gasteiger partial charge in [0.25, 0.3) is 0 Å². The van der Waals surface area contributed by atoms with E-state index in [2.05, 4.69) is 12.1 Å². The number of nitriles is 2. The minimum Gasteiger partial charge on any atom is -0.293 e. The second-order valence-electron chi connectivity index (χ2n) is 6.75. The number of Topliss-reactive ketones (excluding diaryl/α,β-unsaturated/α-hetero) is 1. The maximum atomic E-state index is 13.5. The number of rotatable bonds is 7. The predicted octanol–water partition coefficient (Wildman–Crippen LogP) is 5.79. The average Bonchev–Trinajstić information content (AvgIpc) is 2.78. The second kappa shape index (κ2) is 9.73. The van der Waals surface area contributed by atoms with Gasteiger partial charge in [-0.3, -0.25) is 4.79 Å². The Bertz CT molecular complexity index is 1020. The molecule has 0 N–H and O–H groups in total. The Labute approximate surface area is 175 Å². The molecule has 0 aromatic heterocycles. The van der Waals surface area contributed by atoms with Gasteiger partial charge in [-0.1, -0.05) is 78.4 Å². The Morgan fingerprint density at radius 2 is 1.38 bits per heavy atom. The quantitative estimate of drug-likeness (QED) is 0.375. The van der Waals surface area contributed by atoms with Gasteiger partial charge in [0.15, 0.2) is 5.78 Å². The summed E-state index contributed by atoms with van der Waals surface area (Å²) in [4.78, 5) is 14.5. The fourth-order valence-electron chi connectivity index (χ4n) is 3.23. The lowest BCUT2D eigenvalue weighted by atomic mass is 9.82. The van der Waals surface area contributed by atoms with Crippen LogP contribution in [0.3, 0.4) is 0 Å². The normalized spacial score (nSPS) is 12.6. The van der Waals surface area contributed by atoms with Crippen molar-refractivity contribution in [1.82, 2.24) is 0 Å². The number of hydrogen-bond acceptors (Lipinski definition) is 4. The number of hydrogen-bond donors (Lipinski definition) is 0. The van der Waals surface area contributed by atoms with Gasteiger partial charge in [0.1, 0.15) is 5.92 Å². The third kappa shape index (κ3) is 4.93. The van der Waals surface area contributed by atoms with E-state index in [0.29, 0.717) is 5.56 Å². The molecular weight excluding hydrogens is 376 g/mol. The van der Waals surface area contributed by atoms with E-state index in [0.717, 1.165) is 16.0 Å². The summed E-state index contributed by atoms with van der Waals surface area (Å²) in [7, 11) is 0. The third-order valence-electron chi connectivity index (χ3n) is 4.75. The molecule has 3 rings (SSSR count). The summed E-state index contributed by atoms with van der Waals surface area (Å²) in [5.74, 6) is -1.57. The van der Waals surface area contributed by atoms with Crippen LogP contribution in [0.4, 0.5) is 0 Å². The maximum Gasteiger partial charge on any atom is 0.176 e. The Hall–Kier alpha value is -3.34. The molecule has 142 valence electrons. The smallest absolute Gasteiger partial charge is 0.176 e. The van der Waals surface area contributed by atoms with Crippen LogP contribution < -0.4 is 0 Å². The van der Waals surface area contributed by atoms with Crippen LogP contribution in [0.2, 0.25) is 0 Å². The Morgan fingerprint density at radius 1 is 0.828 bits per heavy atom. The van der Waals surface area contributed by atoms with Gasteiger partial charge in [-0.15, -0.1) is 11.8 Å². The van der Waals surface area contributed by atoms with Crippen LogP contribution in [-0.4, -0.2) is 11.0 Å². The second-order valence-corrected chi connectivity index (χ2v) is 7.97. The fraction of sp³-hybridized carbons (Fsp3) is 0.160. The molecule has 0 unspecified atom stereocenters. The third-order valence-corrected chi connectivity index (χ3v) is 6.05. The first-order valence-corrected chi connectivity index (χ1v) is 10.2. The lowest BCUT2D eigenvalue weighted by Crippen LogP contribution is -2.30. The lowest BCUT2D eigenvalue weighted by molar-refractivity contribution is 0.0978. The number of ketones is 1. The molecule has 0 heterocycles. The zero-order valence-corrected chi connectivity index (χ0v) is 16.8. The zero-order chi connectivity index (χ0) is 20.6. The van der Waals surface area contributed by atoms with Crippen molar-refractivity contribution in [3.05, 3.63) is 102 Å². The SMILES string of the molecule is Cc1ccc(S[C@@H](C(=O)c2ccccc2)[C@H](c2ccccc2)C(C#N)C#N)cc1. The summed E-state index contributed by atoms with van der Waals surface area (Å²) >= 11 is 1.41. The van der Waals surface area contributed by atoms with Crippen LogP contribution in [0.5, 0.6) is 0 Å². The van der Waals surface area contributed by atoms with Gasteiger partial charge >= 0.3 is 0 Å². The minimum atomic E-state index is -0.937. The summed E-state index contributed by atoms with van der Waals surface area (Å²) in [5, 5.41) is 18.7. The molecule has 0 radical (unpaired) electrons. The molecule has 3 aromatic carbocycles. The number of carbonyl (C=O) groups excluding carboxylic acids is 1. The van der Waals surface area contributed by atoms with Crippen LogP contribution in [0.15, 0.2) is 89.8 Å². The number of nitrogens with zero attached hydrogens (tertiary/aromatic N) is 2. The Morgan fingerprint density at radius 3 is 1.93 bits per heavy atom. The fourth-order valence-corrected chi connectivity index (χ4v) is 4.52. The summed E-state index contributed by atoms with van der Waals surface area (Å²) < 4.78 is 0. The van der Waals surface area contributed by atoms with Crippen LogP contribution in [-0.2, 0) is 0 Å². The molecule has 3 nitrogen and oxygen atoms in total. The molecule has 29 heavy (non-hydrogen) atoms. The number of carbonyl (C=O) groups is 1. The van der Waals surface area contributed by atoms with Crippen molar-refractivity contribution in [1.29, 1.82) is 10.5 Å². The Kier molecular flexibility index (Phi) is 6.85. The molecule has 0 saturated heterocycles. The molecule has 4 heteroatoms. The van der Waals surface area contributed by atoms with Crippen molar-refractivity contribution in [2.75, 3.05) is 0 Å². The van der Waals surface area contributed by atoms with E-state index in [1.54, 1.807) is 12.1 Å². The summed E-state index contributed by atoms with van der Waals surface area (Å²) in [6.45, 7) is 2.01. The predicted molar refractivity (Wildman–Crippen MR) is 115 cm³/mol. The van der Waals surface area contributed by atoms with Gasteiger partial charge in [-0.25, -0.2) is 0 Å². The molecular formula is C25H20N2OS. The molecule has 0 fully saturated rings. The number of aryl methyl sites for hydroxylation is 1. The van der Waals surface area contributed by atoms with Crippen molar-refractivity contribution in [3.8, 4) is 12.1 Å². The van der Waals surface area contributed by atoms with Gasteiger partial charge in [-0.05, 0) is 24.6 Å². The van der Waals surface area contributed by atoms with Crippen LogP contribution in [0, 0.1) is 35.5 Å². The van der Waals surface area contributed by atoms with Crippen LogP contribution in [0.25, 0.3) is 0 Å². The van der Waals surface area contributed by atoms with E-state index >= 15 is 0 Å². The molecule has 2 atom stereocenters. The average molecular weight is 397 g/mol. The molecule has 0 bridgehead atoms. The van der Waals surface area contributed by atoms with Gasteiger partial charge in [0, 0.05) is 16.4 Å². The number of benzene rings is 3. The highest BCUT2D eigenvalue weighted by atomic mass is 32.2. The van der Waals surface area contributed by atoms with Gasteiger partial charge < -0.3 is 0 Å². The van der Waals surface area contributed by atoms with E-state index in [-0.39, 0.29) is 5.78 Å². The molecule has 0 aliphatic heterocycles. The molecule has 0 amide bonds. The van der Waals surface area contributed by atoms with Crippen molar-refractivity contribution in [2.45, 2.75) is 23.0 Å². The summed E-state index contributed by atoms with van der Waals surface area (Å²) in [5.41, 5.74) is 2.52. The molecule has 0 aliphatic carbocycles. The highest BCUT2D eigenvalue weighted by Gasteiger charge is 2.37. The highest BCUT2D eigenvalue weighted by molar-refractivity contribution is 8.00. The molecule has 0 aliphatic rings. The van der Waals surface area contributed by atoms with Crippen molar-refractivity contribution >= 4 is 17.5 Å². The lowest BCUT2D eigenvalue weighted by Gasteiger charge is -2.27. The van der Waals surface area contributed by atoms with Crippen LogP contribution in [0.1, 0.15) is 27.4 Å². The molecule has 0 spiro atoms. The van der Waals surface area contributed by atoms with E-state index in [4.69, 9.17) is 0 Å². The minimum absolute atomic E-state index is 0.0828. The van der Waals surface area contributed by atoms with Crippen LogP contribution >= 0.6 is 11.8 Å². The van der Waals surface area contributed by atoms with E-state index < -0.39 is 17.1 Å². The van der Waals surface area contributed by atoms with Gasteiger partial charge in [-0.2, -0.15) is 10.5 Å². The standard InChI is InChI=1S/C25H20N2OS/c1-18-12-14-22(15-13-18)29-25(24(28)20-10-6-3-7-11-20)23(21(16-26)17-27)19-8-4-2-5-9-19/h2-15,21,23,25H,1H3/t23-,25-/m1/s1. The topological polar surface area (TPSA) is 64.7 Å². The maximum absolute atomic E-state index is 13.5. The largest absolute Gasteiger partial charge is 0.293 e. The van der Waals surface area contributed by atoms with E-state index in [9.17, 15) is 15.3 Å². The van der Waals surface area contributed by atoms with Crippen molar-refractivity contribution in [3.63, 3.8) is 0 Å². The van der Waals surface area contributed by atoms with Gasteiger partial charge in [0.05, 0.1) is 17.4 Å². The van der Waals surface area contributed by atoms with E-state index in [1.807, 2.05) is 79.7 Å². The van der Waals surface area contributed by atoms with Crippen molar-refractivity contribution in [2.24, 2.45) is 5.92 Å². The first kappa shape index (κ1) is 20.4. The summed E-state index contributed by atoms with van der Waals surface area (Å²) in [6, 6.07) is 30.6. The highest BCUT2D eigenvalue weighted by Crippen LogP contribution is 2.40. The van der Waals surface area contributed by atoms with E-state index in [1.165, 1.54) is 11.8 Å². The molecule has 0 saturated carbocycles. The zero-order valence-electron chi connectivity index (χ0n) is 16.0. The van der Waals surface area contributed by atoms with Crippen molar-refractivity contribution < 1.29 is 4.79 Å². The Balaban J connectivity index is 2.10. The number of thioether (sulfide) groups is 1. The van der Waals surface area contributed by atoms with Gasteiger partial charge in [0.2, 0.25) is 0 Å². The first-order valence-electron chi connectivity index (χ1n) is 9.31. The molecule has 3 aromatic rings.